The van der Waals surface area contributed by atoms with Crippen LogP contribution in [0.4, 0.5) is 0 Å². The molecule has 2 N–H and O–H groups in total. The summed E-state index contributed by atoms with van der Waals surface area (Å²) in [6.07, 6.45) is 3.94. The Kier molecular flexibility index (Phi) is 4.64. The summed E-state index contributed by atoms with van der Waals surface area (Å²) in [4.78, 5) is 27.3. The Bertz CT molecular complexity index is 606. The molecule has 2 rings (SSSR count). The van der Waals surface area contributed by atoms with Crippen LogP contribution >= 0.6 is 0 Å². The normalized spacial score (nSPS) is 11.9. The van der Waals surface area contributed by atoms with E-state index in [0.717, 1.165) is 0 Å². The zero-order valence-electron chi connectivity index (χ0n) is 11.7. The van der Waals surface area contributed by atoms with Crippen molar-refractivity contribution in [1.82, 2.24) is 30.6 Å². The highest BCUT2D eigenvalue weighted by Crippen LogP contribution is 2.09. The minimum Gasteiger partial charge on any atom is -0.352 e. The quantitative estimate of drug-likeness (QED) is 0.768. The Balaban J connectivity index is 1.94. The van der Waals surface area contributed by atoms with Crippen LogP contribution < -0.4 is 10.6 Å². The molecule has 0 aromatic carbocycles. The molecule has 2 amide bonds. The van der Waals surface area contributed by atoms with Gasteiger partial charge >= 0.3 is 0 Å². The van der Waals surface area contributed by atoms with Crippen molar-refractivity contribution >= 4 is 11.8 Å². The summed E-state index contributed by atoms with van der Waals surface area (Å²) in [6, 6.07) is 1.35. The van der Waals surface area contributed by atoms with E-state index in [1.165, 1.54) is 7.05 Å². The lowest BCUT2D eigenvalue weighted by atomic mass is 10.2. The fraction of sp³-hybridized carbons (Fsp3) is 0.417. The highest BCUT2D eigenvalue weighted by Gasteiger charge is 2.19. The Morgan fingerprint density at radius 3 is 2.90 bits per heavy atom. The lowest BCUT2D eigenvalue weighted by molar-refractivity contribution is -0.125. The molecule has 2 aromatic heterocycles. The average Bonchev–Trinajstić information content (AvgIpc) is 3.16. The predicted octanol–water partition coefficient (Wildman–Crippen LogP) is -0.107. The summed E-state index contributed by atoms with van der Waals surface area (Å²) in [5.74, 6) is -0.557. The molecule has 2 heterocycles. The van der Waals surface area contributed by atoms with Crippen molar-refractivity contribution in [2.75, 3.05) is 7.05 Å². The molecule has 0 saturated heterocycles. The third-order valence-electron chi connectivity index (χ3n) is 2.85. The van der Waals surface area contributed by atoms with Gasteiger partial charge < -0.3 is 15.2 Å². The zero-order chi connectivity index (χ0) is 15.2. The van der Waals surface area contributed by atoms with E-state index in [0.29, 0.717) is 6.42 Å². The van der Waals surface area contributed by atoms with Gasteiger partial charge in [-0.15, -0.1) is 0 Å². The van der Waals surface area contributed by atoms with Crippen molar-refractivity contribution in [3.05, 3.63) is 30.2 Å². The fourth-order valence-corrected chi connectivity index (χ4v) is 1.77. The summed E-state index contributed by atoms with van der Waals surface area (Å²) in [7, 11) is 1.47. The maximum absolute atomic E-state index is 12.1. The van der Waals surface area contributed by atoms with Gasteiger partial charge in [-0.3, -0.25) is 14.3 Å². The Morgan fingerprint density at radius 2 is 2.29 bits per heavy atom. The zero-order valence-corrected chi connectivity index (χ0v) is 11.7. The minimum absolute atomic E-state index is 0.0561. The molecule has 0 spiro atoms. The summed E-state index contributed by atoms with van der Waals surface area (Å²) in [5, 5.41) is 12.6. The van der Waals surface area contributed by atoms with Crippen LogP contribution in [0.5, 0.6) is 0 Å². The average molecular weight is 292 g/mol. The number of aromatic nitrogens is 4. The van der Waals surface area contributed by atoms with Gasteiger partial charge in [0.2, 0.25) is 11.8 Å². The molecule has 2 aromatic rings. The molecule has 0 aliphatic carbocycles. The lowest BCUT2D eigenvalue weighted by Crippen LogP contribution is -2.32. The summed E-state index contributed by atoms with van der Waals surface area (Å²) < 4.78 is 6.47. The van der Waals surface area contributed by atoms with Crippen LogP contribution in [0.2, 0.25) is 0 Å². The second-order valence-electron chi connectivity index (χ2n) is 4.22. The van der Waals surface area contributed by atoms with Gasteiger partial charge in [-0.2, -0.15) is 10.1 Å². The molecular weight excluding hydrogens is 276 g/mol. The summed E-state index contributed by atoms with van der Waals surface area (Å²) in [6.45, 7) is 1.95. The van der Waals surface area contributed by atoms with E-state index in [1.54, 1.807) is 23.1 Å². The van der Waals surface area contributed by atoms with Crippen LogP contribution in [0.25, 0.3) is 0 Å². The first-order valence-electron chi connectivity index (χ1n) is 6.47. The molecular formula is C12H16N6O3. The van der Waals surface area contributed by atoms with Gasteiger partial charge in [0.15, 0.2) is 0 Å². The maximum atomic E-state index is 12.1. The Labute approximate surface area is 120 Å². The molecule has 21 heavy (non-hydrogen) atoms. The smallest absolute Gasteiger partial charge is 0.292 e. The molecule has 9 heteroatoms. The number of carbonyl (C=O) groups excluding carboxylic acids is 2. The van der Waals surface area contributed by atoms with E-state index in [1.807, 2.05) is 6.92 Å². The molecule has 112 valence electrons. The maximum Gasteiger partial charge on any atom is 0.292 e. The minimum atomic E-state index is -0.445. The van der Waals surface area contributed by atoms with Crippen LogP contribution in [0.1, 0.15) is 35.9 Å². The van der Waals surface area contributed by atoms with Crippen molar-refractivity contribution < 1.29 is 14.1 Å². The Morgan fingerprint density at radius 1 is 1.48 bits per heavy atom. The SMILES string of the molecule is CC[C@H](C(=O)NCc1nc(C(=O)NC)no1)n1cccn1. The first-order valence-corrected chi connectivity index (χ1v) is 6.47. The number of carbonyl (C=O) groups is 2. The van der Waals surface area contributed by atoms with E-state index in [9.17, 15) is 9.59 Å². The second-order valence-corrected chi connectivity index (χ2v) is 4.22. The van der Waals surface area contributed by atoms with E-state index >= 15 is 0 Å². The van der Waals surface area contributed by atoms with Gasteiger partial charge in [-0.1, -0.05) is 12.1 Å². The van der Waals surface area contributed by atoms with Gasteiger partial charge in [0.05, 0.1) is 6.54 Å². The fourth-order valence-electron chi connectivity index (χ4n) is 1.77. The number of amides is 2. The van der Waals surface area contributed by atoms with Crippen molar-refractivity contribution in [1.29, 1.82) is 0 Å². The van der Waals surface area contributed by atoms with Crippen LogP contribution in [0, 0.1) is 0 Å². The highest BCUT2D eigenvalue weighted by atomic mass is 16.5. The number of nitrogens with one attached hydrogen (secondary N) is 2. The van der Waals surface area contributed by atoms with Gasteiger partial charge in [0, 0.05) is 19.4 Å². The first-order chi connectivity index (χ1) is 10.2. The van der Waals surface area contributed by atoms with Gasteiger partial charge in [-0.25, -0.2) is 0 Å². The third-order valence-corrected chi connectivity index (χ3v) is 2.85. The summed E-state index contributed by atoms with van der Waals surface area (Å²) >= 11 is 0. The monoisotopic (exact) mass is 292 g/mol. The van der Waals surface area contributed by atoms with Gasteiger partial charge in [0.1, 0.15) is 6.04 Å². The van der Waals surface area contributed by atoms with Gasteiger partial charge in [0.25, 0.3) is 11.7 Å². The molecule has 0 unspecified atom stereocenters. The van der Waals surface area contributed by atoms with Crippen LogP contribution in [0.15, 0.2) is 23.0 Å². The molecule has 0 saturated carbocycles. The number of hydrogen-bond acceptors (Lipinski definition) is 6. The number of nitrogens with zero attached hydrogens (tertiary/aromatic N) is 4. The number of rotatable bonds is 6. The second kappa shape index (κ2) is 6.64. The standard InChI is InChI=1S/C12H16N6O3/c1-3-8(18-6-4-5-15-18)11(19)14-7-9-16-10(17-21-9)12(20)13-2/h4-6,8H,3,7H2,1-2H3,(H,13,20)(H,14,19)/t8-/m1/s1. The van der Waals surface area contributed by atoms with Crippen molar-refractivity contribution in [2.45, 2.75) is 25.9 Å². The lowest BCUT2D eigenvalue weighted by Gasteiger charge is -2.14. The highest BCUT2D eigenvalue weighted by molar-refractivity contribution is 5.89. The largest absolute Gasteiger partial charge is 0.352 e. The number of hydrogen-bond donors (Lipinski definition) is 2. The molecule has 0 radical (unpaired) electrons. The van der Waals surface area contributed by atoms with Crippen LogP contribution in [-0.4, -0.2) is 38.8 Å². The molecule has 0 aliphatic heterocycles. The molecule has 0 fully saturated rings. The van der Waals surface area contributed by atoms with Crippen LogP contribution in [-0.2, 0) is 11.3 Å². The first kappa shape index (κ1) is 14.7. The topological polar surface area (TPSA) is 115 Å². The molecule has 0 bridgehead atoms. The van der Waals surface area contributed by atoms with E-state index in [2.05, 4.69) is 25.9 Å². The van der Waals surface area contributed by atoms with Crippen molar-refractivity contribution in [3.8, 4) is 0 Å². The summed E-state index contributed by atoms with van der Waals surface area (Å²) in [5.41, 5.74) is 0. The predicted molar refractivity (Wildman–Crippen MR) is 71.1 cm³/mol. The van der Waals surface area contributed by atoms with Crippen molar-refractivity contribution in [3.63, 3.8) is 0 Å². The van der Waals surface area contributed by atoms with E-state index in [-0.39, 0.29) is 24.2 Å². The Hall–Kier alpha value is -2.71. The van der Waals surface area contributed by atoms with E-state index in [4.69, 9.17) is 4.52 Å². The van der Waals surface area contributed by atoms with Crippen molar-refractivity contribution in [2.24, 2.45) is 0 Å². The molecule has 1 atom stereocenters. The molecule has 9 nitrogen and oxygen atoms in total. The van der Waals surface area contributed by atoms with E-state index < -0.39 is 11.9 Å². The molecule has 0 aliphatic rings. The van der Waals surface area contributed by atoms with Gasteiger partial charge in [-0.05, 0) is 12.5 Å². The third kappa shape index (κ3) is 3.44. The van der Waals surface area contributed by atoms with Crippen LogP contribution in [0.3, 0.4) is 0 Å².